The van der Waals surface area contributed by atoms with Crippen LogP contribution in [0.4, 0.5) is 15.8 Å². The fraction of sp³-hybridized carbons (Fsp3) is 0. The molecule has 0 bridgehead atoms. The van der Waals surface area contributed by atoms with Crippen molar-refractivity contribution in [3.63, 3.8) is 0 Å². The summed E-state index contributed by atoms with van der Waals surface area (Å²) in [6.07, 6.45) is 0. The molecule has 0 atom stereocenters. The van der Waals surface area contributed by atoms with E-state index >= 15 is 0 Å². The predicted molar refractivity (Wildman–Crippen MR) is 72.9 cm³/mol. The maximum Gasteiger partial charge on any atom is 0.255 e. The Balaban J connectivity index is 2.18. The summed E-state index contributed by atoms with van der Waals surface area (Å²) in [4.78, 5) is 11.9. The Morgan fingerprint density at radius 3 is 2.67 bits per heavy atom. The smallest absolute Gasteiger partial charge is 0.255 e. The molecule has 0 fully saturated rings. The topological polar surface area (TPSA) is 55.1 Å². The van der Waals surface area contributed by atoms with Gasteiger partial charge in [-0.25, -0.2) is 4.39 Å². The summed E-state index contributed by atoms with van der Waals surface area (Å²) >= 11 is 3.05. The van der Waals surface area contributed by atoms with Crippen LogP contribution >= 0.6 is 15.9 Å². The Hall–Kier alpha value is -1.88. The number of anilines is 2. The summed E-state index contributed by atoms with van der Waals surface area (Å²) in [6, 6.07) is 11.0. The van der Waals surface area contributed by atoms with Gasteiger partial charge in [-0.3, -0.25) is 4.79 Å². The maximum absolute atomic E-state index is 13.3. The summed E-state index contributed by atoms with van der Waals surface area (Å²) in [7, 11) is 0. The molecule has 3 nitrogen and oxygen atoms in total. The van der Waals surface area contributed by atoms with Crippen LogP contribution in [0.2, 0.25) is 0 Å². The molecular weight excluding hydrogens is 299 g/mol. The fourth-order valence-electron chi connectivity index (χ4n) is 1.46. The highest BCUT2D eigenvalue weighted by atomic mass is 79.9. The molecule has 0 aliphatic carbocycles. The Morgan fingerprint density at radius 2 is 2.00 bits per heavy atom. The van der Waals surface area contributed by atoms with E-state index in [4.69, 9.17) is 5.73 Å². The standard InChI is InChI=1S/C13H10BrFN2O/c14-11-5-4-10(7-12(11)15)17-13(18)8-2-1-3-9(16)6-8/h1-7H,16H2,(H,17,18). The Kier molecular flexibility index (Phi) is 3.62. The number of nitrogen functional groups attached to an aromatic ring is 1. The minimum atomic E-state index is -0.430. The molecule has 2 aromatic carbocycles. The highest BCUT2D eigenvalue weighted by Crippen LogP contribution is 2.20. The van der Waals surface area contributed by atoms with Gasteiger partial charge in [-0.2, -0.15) is 0 Å². The van der Waals surface area contributed by atoms with E-state index in [0.29, 0.717) is 21.4 Å². The second kappa shape index (κ2) is 5.18. The molecule has 0 saturated heterocycles. The van der Waals surface area contributed by atoms with Gasteiger partial charge in [0.05, 0.1) is 4.47 Å². The number of hydrogen-bond donors (Lipinski definition) is 2. The normalized spacial score (nSPS) is 10.1. The third-order valence-electron chi connectivity index (χ3n) is 2.33. The van der Waals surface area contributed by atoms with Gasteiger partial charge >= 0.3 is 0 Å². The lowest BCUT2D eigenvalue weighted by molar-refractivity contribution is 0.102. The molecule has 5 heteroatoms. The average Bonchev–Trinajstić information content (AvgIpc) is 2.34. The van der Waals surface area contributed by atoms with Crippen molar-refractivity contribution in [2.45, 2.75) is 0 Å². The Bertz CT molecular complexity index is 601. The molecule has 1 amide bonds. The number of amides is 1. The zero-order chi connectivity index (χ0) is 13.1. The monoisotopic (exact) mass is 308 g/mol. The first-order valence-corrected chi connectivity index (χ1v) is 5.97. The maximum atomic E-state index is 13.3. The van der Waals surface area contributed by atoms with Gasteiger partial charge in [0.1, 0.15) is 5.82 Å². The molecule has 0 spiro atoms. The van der Waals surface area contributed by atoms with Gasteiger partial charge in [-0.1, -0.05) is 6.07 Å². The number of halogens is 2. The molecule has 0 saturated carbocycles. The third kappa shape index (κ3) is 2.87. The van der Waals surface area contributed by atoms with Crippen LogP contribution in [-0.4, -0.2) is 5.91 Å². The average molecular weight is 309 g/mol. The second-order valence-corrected chi connectivity index (χ2v) is 4.56. The summed E-state index contributed by atoms with van der Waals surface area (Å²) in [6.45, 7) is 0. The highest BCUT2D eigenvalue weighted by Gasteiger charge is 2.07. The van der Waals surface area contributed by atoms with Crippen molar-refractivity contribution >= 4 is 33.2 Å². The van der Waals surface area contributed by atoms with E-state index in [-0.39, 0.29) is 5.91 Å². The molecule has 3 N–H and O–H groups in total. The number of nitrogens with two attached hydrogens (primary N) is 1. The van der Waals surface area contributed by atoms with Gasteiger partial charge in [0.15, 0.2) is 0 Å². The first-order valence-electron chi connectivity index (χ1n) is 5.18. The Labute approximate surface area is 112 Å². The van der Waals surface area contributed by atoms with Crippen LogP contribution < -0.4 is 11.1 Å². The summed E-state index contributed by atoms with van der Waals surface area (Å²) in [5.74, 6) is -0.760. The number of rotatable bonds is 2. The van der Waals surface area contributed by atoms with Crippen molar-refractivity contribution < 1.29 is 9.18 Å². The summed E-state index contributed by atoms with van der Waals surface area (Å²) < 4.78 is 13.6. The minimum absolute atomic E-state index is 0.330. The van der Waals surface area contributed by atoms with E-state index in [1.54, 1.807) is 30.3 Å². The zero-order valence-electron chi connectivity index (χ0n) is 9.28. The number of benzene rings is 2. The minimum Gasteiger partial charge on any atom is -0.399 e. The first kappa shape index (κ1) is 12.6. The van der Waals surface area contributed by atoms with Crippen molar-refractivity contribution in [3.05, 3.63) is 58.3 Å². The van der Waals surface area contributed by atoms with E-state index in [9.17, 15) is 9.18 Å². The lowest BCUT2D eigenvalue weighted by atomic mass is 10.2. The number of nitrogens with one attached hydrogen (secondary N) is 1. The first-order chi connectivity index (χ1) is 8.56. The molecule has 18 heavy (non-hydrogen) atoms. The van der Waals surface area contributed by atoms with Crippen molar-refractivity contribution in [1.29, 1.82) is 0 Å². The largest absolute Gasteiger partial charge is 0.399 e. The lowest BCUT2D eigenvalue weighted by Gasteiger charge is -2.06. The van der Waals surface area contributed by atoms with Crippen LogP contribution in [0, 0.1) is 5.82 Å². The number of carbonyl (C=O) groups is 1. The predicted octanol–water partition coefficient (Wildman–Crippen LogP) is 3.42. The lowest BCUT2D eigenvalue weighted by Crippen LogP contribution is -2.12. The van der Waals surface area contributed by atoms with Gasteiger partial charge < -0.3 is 11.1 Å². The zero-order valence-corrected chi connectivity index (χ0v) is 10.9. The quantitative estimate of drug-likeness (QED) is 0.835. The molecule has 2 rings (SSSR count). The van der Waals surface area contributed by atoms with Gasteiger partial charge in [0.25, 0.3) is 5.91 Å². The molecule has 0 aliphatic heterocycles. The Morgan fingerprint density at radius 1 is 1.22 bits per heavy atom. The third-order valence-corrected chi connectivity index (χ3v) is 2.97. The SMILES string of the molecule is Nc1cccc(C(=O)Nc2ccc(Br)c(F)c2)c1. The van der Waals surface area contributed by atoms with E-state index in [1.807, 2.05) is 0 Å². The molecule has 0 aliphatic rings. The molecule has 0 heterocycles. The number of hydrogen-bond acceptors (Lipinski definition) is 2. The van der Waals surface area contributed by atoms with E-state index in [0.717, 1.165) is 0 Å². The van der Waals surface area contributed by atoms with Gasteiger partial charge in [0.2, 0.25) is 0 Å². The number of carbonyl (C=O) groups excluding carboxylic acids is 1. The fourth-order valence-corrected chi connectivity index (χ4v) is 1.70. The van der Waals surface area contributed by atoms with Crippen LogP contribution in [0.3, 0.4) is 0 Å². The van der Waals surface area contributed by atoms with Crippen molar-refractivity contribution in [1.82, 2.24) is 0 Å². The molecular formula is C13H10BrFN2O. The molecule has 0 unspecified atom stereocenters. The van der Waals surface area contributed by atoms with Crippen LogP contribution in [-0.2, 0) is 0 Å². The van der Waals surface area contributed by atoms with Crippen LogP contribution in [0.1, 0.15) is 10.4 Å². The van der Waals surface area contributed by atoms with Crippen molar-refractivity contribution in [2.24, 2.45) is 0 Å². The van der Waals surface area contributed by atoms with Gasteiger partial charge in [-0.05, 0) is 52.3 Å². The van der Waals surface area contributed by atoms with Gasteiger partial charge in [-0.15, -0.1) is 0 Å². The molecule has 2 aromatic rings. The summed E-state index contributed by atoms with van der Waals surface area (Å²) in [5, 5.41) is 2.60. The molecule has 0 aromatic heterocycles. The molecule has 0 radical (unpaired) electrons. The van der Waals surface area contributed by atoms with Crippen LogP contribution in [0.25, 0.3) is 0 Å². The summed E-state index contributed by atoms with van der Waals surface area (Å²) in [5.41, 5.74) is 6.91. The van der Waals surface area contributed by atoms with Crippen molar-refractivity contribution in [2.75, 3.05) is 11.1 Å². The van der Waals surface area contributed by atoms with E-state index < -0.39 is 5.82 Å². The van der Waals surface area contributed by atoms with E-state index in [2.05, 4.69) is 21.2 Å². The van der Waals surface area contributed by atoms with Gasteiger partial charge in [0, 0.05) is 16.9 Å². The van der Waals surface area contributed by atoms with E-state index in [1.165, 1.54) is 12.1 Å². The molecule has 92 valence electrons. The highest BCUT2D eigenvalue weighted by molar-refractivity contribution is 9.10. The van der Waals surface area contributed by atoms with Crippen molar-refractivity contribution in [3.8, 4) is 0 Å². The second-order valence-electron chi connectivity index (χ2n) is 3.71. The van der Waals surface area contributed by atoms with Crippen LogP contribution in [0.15, 0.2) is 46.9 Å². The van der Waals surface area contributed by atoms with Crippen LogP contribution in [0.5, 0.6) is 0 Å².